The fourth-order valence-corrected chi connectivity index (χ4v) is 2.21. The number of rotatable bonds is 3. The Morgan fingerprint density at radius 3 is 2.42 bits per heavy atom. The zero-order chi connectivity index (χ0) is 13.1. The quantitative estimate of drug-likeness (QED) is 0.694. The van der Waals surface area contributed by atoms with Crippen molar-refractivity contribution in [1.82, 2.24) is 9.55 Å². The lowest BCUT2D eigenvalue weighted by Crippen LogP contribution is -1.99. The van der Waals surface area contributed by atoms with Gasteiger partial charge in [-0.3, -0.25) is 0 Å². The van der Waals surface area contributed by atoms with Crippen molar-refractivity contribution in [3.8, 4) is 11.3 Å². The van der Waals surface area contributed by atoms with Gasteiger partial charge in [0.05, 0.1) is 18.2 Å². The van der Waals surface area contributed by atoms with Crippen LogP contribution in [0.2, 0.25) is 5.02 Å². The maximum Gasteiger partial charge on any atom is 0.0954 e. The van der Waals surface area contributed by atoms with Crippen LogP contribution in [-0.2, 0) is 6.54 Å². The monoisotopic (exact) mass is 268 g/mol. The van der Waals surface area contributed by atoms with Gasteiger partial charge in [-0.05, 0) is 23.3 Å². The maximum absolute atomic E-state index is 5.92. The van der Waals surface area contributed by atoms with E-state index < -0.39 is 0 Å². The number of benzene rings is 2. The predicted octanol–water partition coefficient (Wildman–Crippen LogP) is 4.25. The van der Waals surface area contributed by atoms with Crippen molar-refractivity contribution in [2.75, 3.05) is 0 Å². The van der Waals surface area contributed by atoms with Crippen molar-refractivity contribution < 1.29 is 0 Å². The summed E-state index contributed by atoms with van der Waals surface area (Å²) in [6, 6.07) is 18.2. The van der Waals surface area contributed by atoms with Crippen LogP contribution in [0.1, 0.15) is 5.56 Å². The molecule has 3 aromatic rings. The first-order valence-electron chi connectivity index (χ1n) is 6.13. The van der Waals surface area contributed by atoms with Crippen molar-refractivity contribution in [1.29, 1.82) is 0 Å². The minimum Gasteiger partial charge on any atom is -0.326 e. The summed E-state index contributed by atoms with van der Waals surface area (Å²) in [5, 5.41) is 0.748. The molecule has 0 bridgehead atoms. The summed E-state index contributed by atoms with van der Waals surface area (Å²) in [7, 11) is 0. The lowest BCUT2D eigenvalue weighted by atomic mass is 10.1. The highest BCUT2D eigenvalue weighted by atomic mass is 35.5. The van der Waals surface area contributed by atoms with Gasteiger partial charge in [-0.2, -0.15) is 0 Å². The van der Waals surface area contributed by atoms with Crippen LogP contribution in [0, 0.1) is 0 Å². The molecular weight excluding hydrogens is 256 g/mol. The molecule has 1 heterocycles. The van der Waals surface area contributed by atoms with E-state index in [1.54, 1.807) is 0 Å². The molecule has 1 aromatic heterocycles. The average molecular weight is 269 g/mol. The molecule has 19 heavy (non-hydrogen) atoms. The average Bonchev–Trinajstić information content (AvgIpc) is 2.89. The molecule has 0 aliphatic carbocycles. The van der Waals surface area contributed by atoms with E-state index in [1.165, 1.54) is 5.56 Å². The molecule has 3 rings (SSSR count). The van der Waals surface area contributed by atoms with Gasteiger partial charge in [0.15, 0.2) is 0 Å². The van der Waals surface area contributed by atoms with Crippen LogP contribution >= 0.6 is 11.6 Å². The topological polar surface area (TPSA) is 17.8 Å². The van der Waals surface area contributed by atoms with Crippen LogP contribution in [0.5, 0.6) is 0 Å². The van der Waals surface area contributed by atoms with Crippen LogP contribution < -0.4 is 0 Å². The Bertz CT molecular complexity index is 657. The van der Waals surface area contributed by atoms with Gasteiger partial charge in [-0.15, -0.1) is 0 Å². The molecule has 94 valence electrons. The minimum atomic E-state index is 0.748. The fraction of sp³-hybridized carbons (Fsp3) is 0.0625. The lowest BCUT2D eigenvalue weighted by molar-refractivity contribution is 0.805. The standard InChI is InChI=1S/C16H13ClN2/c17-15-8-6-14(7-9-15)16-10-18-12-19(16)11-13-4-2-1-3-5-13/h1-10,12H,11H2. The molecule has 2 nitrogen and oxygen atoms in total. The van der Waals surface area contributed by atoms with E-state index in [2.05, 4.69) is 21.7 Å². The Morgan fingerprint density at radius 2 is 1.68 bits per heavy atom. The van der Waals surface area contributed by atoms with Crippen molar-refractivity contribution in [2.24, 2.45) is 0 Å². The summed E-state index contributed by atoms with van der Waals surface area (Å²) in [5.41, 5.74) is 3.48. The van der Waals surface area contributed by atoms with Crippen LogP contribution in [0.15, 0.2) is 67.1 Å². The van der Waals surface area contributed by atoms with Crippen molar-refractivity contribution in [3.63, 3.8) is 0 Å². The van der Waals surface area contributed by atoms with Crippen LogP contribution in [0.3, 0.4) is 0 Å². The van der Waals surface area contributed by atoms with Crippen LogP contribution in [-0.4, -0.2) is 9.55 Å². The predicted molar refractivity (Wildman–Crippen MR) is 78.2 cm³/mol. The van der Waals surface area contributed by atoms with Crippen LogP contribution in [0.4, 0.5) is 0 Å². The molecule has 0 fully saturated rings. The molecule has 0 saturated carbocycles. The summed E-state index contributed by atoms with van der Waals surface area (Å²) in [5.74, 6) is 0. The van der Waals surface area contributed by atoms with E-state index in [0.29, 0.717) is 0 Å². The molecule has 2 aromatic carbocycles. The van der Waals surface area contributed by atoms with Gasteiger partial charge in [0.25, 0.3) is 0 Å². The smallest absolute Gasteiger partial charge is 0.0954 e. The number of nitrogens with zero attached hydrogens (tertiary/aromatic N) is 2. The van der Waals surface area contributed by atoms with Crippen molar-refractivity contribution in [2.45, 2.75) is 6.54 Å². The molecule has 0 aliphatic rings. The number of imidazole rings is 1. The number of hydrogen-bond donors (Lipinski definition) is 0. The molecular formula is C16H13ClN2. The third-order valence-corrected chi connectivity index (χ3v) is 3.30. The normalized spacial score (nSPS) is 10.6. The van der Waals surface area contributed by atoms with Crippen molar-refractivity contribution in [3.05, 3.63) is 77.7 Å². The molecule has 0 saturated heterocycles. The Hall–Kier alpha value is -2.06. The summed E-state index contributed by atoms with van der Waals surface area (Å²) < 4.78 is 2.14. The summed E-state index contributed by atoms with van der Waals surface area (Å²) in [4.78, 5) is 4.25. The largest absolute Gasteiger partial charge is 0.326 e. The molecule has 0 N–H and O–H groups in total. The second-order valence-electron chi connectivity index (χ2n) is 4.40. The first kappa shape index (κ1) is 12.0. The summed E-state index contributed by atoms with van der Waals surface area (Å²) >= 11 is 5.92. The highest BCUT2D eigenvalue weighted by Gasteiger charge is 2.05. The van der Waals surface area contributed by atoms with Gasteiger partial charge < -0.3 is 4.57 Å². The van der Waals surface area contributed by atoms with E-state index in [1.807, 2.05) is 55.0 Å². The minimum absolute atomic E-state index is 0.748. The highest BCUT2D eigenvalue weighted by molar-refractivity contribution is 6.30. The molecule has 0 aliphatic heterocycles. The SMILES string of the molecule is Clc1ccc(-c2cncn2Cc2ccccc2)cc1. The molecule has 0 amide bonds. The maximum atomic E-state index is 5.92. The summed E-state index contributed by atoms with van der Waals surface area (Å²) in [6.45, 7) is 0.818. The van der Waals surface area contributed by atoms with E-state index >= 15 is 0 Å². The Kier molecular flexibility index (Phi) is 3.34. The lowest BCUT2D eigenvalue weighted by Gasteiger charge is -2.08. The van der Waals surface area contributed by atoms with E-state index in [0.717, 1.165) is 22.8 Å². The first-order chi connectivity index (χ1) is 9.33. The van der Waals surface area contributed by atoms with E-state index in [4.69, 9.17) is 11.6 Å². The van der Waals surface area contributed by atoms with Gasteiger partial charge in [0, 0.05) is 11.6 Å². The fourth-order valence-electron chi connectivity index (χ4n) is 2.09. The third kappa shape index (κ3) is 2.69. The highest BCUT2D eigenvalue weighted by Crippen LogP contribution is 2.22. The Labute approximate surface area is 117 Å². The summed E-state index contributed by atoms with van der Waals surface area (Å²) in [6.07, 6.45) is 3.74. The van der Waals surface area contributed by atoms with Gasteiger partial charge in [0.2, 0.25) is 0 Å². The number of hydrogen-bond acceptors (Lipinski definition) is 1. The van der Waals surface area contributed by atoms with Crippen molar-refractivity contribution >= 4 is 11.6 Å². The number of halogens is 1. The zero-order valence-corrected chi connectivity index (χ0v) is 11.1. The molecule has 3 heteroatoms. The third-order valence-electron chi connectivity index (χ3n) is 3.05. The van der Waals surface area contributed by atoms with Gasteiger partial charge >= 0.3 is 0 Å². The van der Waals surface area contributed by atoms with Gasteiger partial charge in [-0.25, -0.2) is 4.98 Å². The van der Waals surface area contributed by atoms with Crippen LogP contribution in [0.25, 0.3) is 11.3 Å². The Morgan fingerprint density at radius 1 is 0.947 bits per heavy atom. The first-order valence-corrected chi connectivity index (χ1v) is 6.51. The molecule has 0 atom stereocenters. The molecule has 0 radical (unpaired) electrons. The van der Waals surface area contributed by atoms with Gasteiger partial charge in [-0.1, -0.05) is 54.1 Å². The zero-order valence-electron chi connectivity index (χ0n) is 10.3. The second-order valence-corrected chi connectivity index (χ2v) is 4.84. The number of aromatic nitrogens is 2. The molecule has 0 spiro atoms. The Balaban J connectivity index is 1.92. The van der Waals surface area contributed by atoms with Gasteiger partial charge in [0.1, 0.15) is 0 Å². The van der Waals surface area contributed by atoms with E-state index in [-0.39, 0.29) is 0 Å². The second kappa shape index (κ2) is 5.29. The molecule has 0 unspecified atom stereocenters. The van der Waals surface area contributed by atoms with E-state index in [9.17, 15) is 0 Å².